The normalized spacial score (nSPS) is 12.5. The quantitative estimate of drug-likeness (QED) is 0.731. The van der Waals surface area contributed by atoms with Crippen molar-refractivity contribution in [3.05, 3.63) is 27.2 Å². The Morgan fingerprint density at radius 3 is 2.25 bits per heavy atom. The summed E-state index contributed by atoms with van der Waals surface area (Å²) in [4.78, 5) is 12.1. The van der Waals surface area contributed by atoms with Crippen molar-refractivity contribution in [2.45, 2.75) is 19.3 Å². The first kappa shape index (κ1) is 18.3. The molecule has 2 N–H and O–H groups in total. The minimum atomic E-state index is -4.86. The topological polar surface area (TPSA) is 75.6 Å². The predicted octanol–water partition coefficient (Wildman–Crippen LogP) is 3.50. The van der Waals surface area contributed by atoms with Gasteiger partial charge in [0.05, 0.1) is 15.9 Å². The fourth-order valence-corrected chi connectivity index (χ4v) is 2.65. The molecule has 1 amide bonds. The average molecular weight is 420 g/mol. The summed E-state index contributed by atoms with van der Waals surface area (Å²) in [6.07, 6.45) is -9.66. The third kappa shape index (κ3) is 3.25. The molecule has 2 aromatic heterocycles. The molecule has 0 aliphatic rings. The lowest BCUT2D eigenvalue weighted by atomic mass is 10.2. The van der Waals surface area contributed by atoms with Crippen LogP contribution in [0, 0.1) is 6.92 Å². The number of nitrogens with one attached hydrogen (secondary N) is 2. The summed E-state index contributed by atoms with van der Waals surface area (Å²) in [5, 5.41) is 10.4. The largest absolute Gasteiger partial charge is 0.437 e. The number of hydrogen-bond donors (Lipinski definition) is 2. The highest BCUT2D eigenvalue weighted by Crippen LogP contribution is 2.37. The van der Waals surface area contributed by atoms with Gasteiger partial charge in [-0.2, -0.15) is 36.5 Å². The van der Waals surface area contributed by atoms with Crippen molar-refractivity contribution in [2.75, 3.05) is 5.32 Å². The Balaban J connectivity index is 2.42. The number of anilines is 1. The molecule has 0 spiro atoms. The Bertz CT molecular complexity index is 790. The van der Waals surface area contributed by atoms with Crippen LogP contribution in [0.1, 0.15) is 27.6 Å². The van der Waals surface area contributed by atoms with E-state index in [1.165, 1.54) is 6.92 Å². The molecule has 0 radical (unpaired) electrons. The summed E-state index contributed by atoms with van der Waals surface area (Å²) in [6, 6.07) is 0. The second kappa shape index (κ2) is 5.79. The van der Waals surface area contributed by atoms with Gasteiger partial charge in [0.25, 0.3) is 5.91 Å². The van der Waals surface area contributed by atoms with Crippen molar-refractivity contribution in [3.63, 3.8) is 0 Å². The lowest BCUT2D eigenvalue weighted by Crippen LogP contribution is -2.17. The van der Waals surface area contributed by atoms with Crippen molar-refractivity contribution >= 4 is 27.5 Å². The number of H-pyrrole nitrogens is 1. The SMILES string of the molecule is Cc1[nH]nc(C(F)(F)F)c1NC(=O)c1nn(C)c(C(F)(F)F)c1Br. The summed E-state index contributed by atoms with van der Waals surface area (Å²) in [5.41, 5.74) is -4.14. The van der Waals surface area contributed by atoms with Gasteiger partial charge in [0.15, 0.2) is 17.1 Å². The zero-order valence-electron chi connectivity index (χ0n) is 11.9. The number of hydrogen-bond acceptors (Lipinski definition) is 3. The van der Waals surface area contributed by atoms with Crippen molar-refractivity contribution in [2.24, 2.45) is 7.05 Å². The molecule has 2 rings (SSSR count). The van der Waals surface area contributed by atoms with E-state index in [-0.39, 0.29) is 5.69 Å². The highest BCUT2D eigenvalue weighted by atomic mass is 79.9. The maximum atomic E-state index is 12.9. The van der Waals surface area contributed by atoms with Gasteiger partial charge in [-0.3, -0.25) is 14.6 Å². The van der Waals surface area contributed by atoms with E-state index in [4.69, 9.17) is 0 Å². The average Bonchev–Trinajstić information content (AvgIpc) is 2.89. The first-order valence-corrected chi connectivity index (χ1v) is 6.86. The number of aromatic amines is 1. The van der Waals surface area contributed by atoms with E-state index in [0.717, 1.165) is 7.05 Å². The van der Waals surface area contributed by atoms with Crippen LogP contribution in [0.5, 0.6) is 0 Å². The third-order valence-corrected chi connectivity index (χ3v) is 3.68. The number of amides is 1. The van der Waals surface area contributed by atoms with E-state index >= 15 is 0 Å². The second-order valence-electron chi connectivity index (χ2n) is 4.66. The van der Waals surface area contributed by atoms with Crippen LogP contribution in [-0.4, -0.2) is 25.9 Å². The number of nitrogens with zero attached hydrogens (tertiary/aromatic N) is 3. The highest BCUT2D eigenvalue weighted by molar-refractivity contribution is 9.10. The van der Waals surface area contributed by atoms with Gasteiger partial charge in [0.2, 0.25) is 0 Å². The van der Waals surface area contributed by atoms with E-state index in [0.29, 0.717) is 4.68 Å². The lowest BCUT2D eigenvalue weighted by Gasteiger charge is -2.08. The maximum Gasteiger partial charge on any atom is 0.437 e. The zero-order chi connectivity index (χ0) is 18.4. The Hall–Kier alpha value is -2.05. The molecule has 132 valence electrons. The molecular formula is C11H8BrF6N5O. The number of carbonyl (C=O) groups is 1. The third-order valence-electron chi connectivity index (χ3n) is 2.93. The molecule has 24 heavy (non-hydrogen) atoms. The summed E-state index contributed by atoms with van der Waals surface area (Å²) in [6.45, 7) is 1.21. The lowest BCUT2D eigenvalue weighted by molar-refractivity contribution is -0.144. The number of carbonyl (C=O) groups excluding carboxylic acids is 1. The van der Waals surface area contributed by atoms with Gasteiger partial charge in [0, 0.05) is 7.05 Å². The molecule has 2 aromatic rings. The molecular weight excluding hydrogens is 412 g/mol. The van der Waals surface area contributed by atoms with E-state index in [9.17, 15) is 31.1 Å². The molecule has 0 unspecified atom stereocenters. The van der Waals surface area contributed by atoms with Crippen molar-refractivity contribution in [1.82, 2.24) is 20.0 Å². The van der Waals surface area contributed by atoms with Crippen molar-refractivity contribution in [3.8, 4) is 0 Å². The monoisotopic (exact) mass is 419 g/mol. The number of alkyl halides is 6. The molecule has 0 saturated heterocycles. The molecule has 0 bridgehead atoms. The second-order valence-corrected chi connectivity index (χ2v) is 5.45. The van der Waals surface area contributed by atoms with Gasteiger partial charge < -0.3 is 5.32 Å². The van der Waals surface area contributed by atoms with Crippen molar-refractivity contribution < 1.29 is 31.1 Å². The Kier molecular flexibility index (Phi) is 4.41. The molecule has 0 aliphatic carbocycles. The van der Waals surface area contributed by atoms with Crippen LogP contribution in [0.3, 0.4) is 0 Å². The first-order chi connectivity index (χ1) is 10.8. The number of aryl methyl sites for hydroxylation is 2. The Morgan fingerprint density at radius 2 is 1.79 bits per heavy atom. The van der Waals surface area contributed by atoms with Crippen LogP contribution < -0.4 is 5.32 Å². The first-order valence-electron chi connectivity index (χ1n) is 6.07. The Labute approximate surface area is 138 Å². The maximum absolute atomic E-state index is 12.9. The molecule has 2 heterocycles. The van der Waals surface area contributed by atoms with Gasteiger partial charge in [-0.05, 0) is 22.9 Å². The van der Waals surface area contributed by atoms with Crippen LogP contribution in [0.25, 0.3) is 0 Å². The molecule has 0 fully saturated rings. The van der Waals surface area contributed by atoms with Crippen LogP contribution in [0.4, 0.5) is 32.0 Å². The highest BCUT2D eigenvalue weighted by Gasteiger charge is 2.41. The standard InChI is InChI=1S/C11H8BrF6N5O/c1-3-5(7(21-20-3)10(13,14)15)19-9(24)6-4(12)8(11(16,17)18)23(2)22-6/h1-2H3,(H,19,24)(H,20,21). The minimum Gasteiger partial charge on any atom is -0.317 e. The molecule has 6 nitrogen and oxygen atoms in total. The van der Waals surface area contributed by atoms with Crippen molar-refractivity contribution in [1.29, 1.82) is 0 Å². The molecule has 13 heteroatoms. The minimum absolute atomic E-state index is 0.112. The van der Waals surface area contributed by atoms with E-state index < -0.39 is 45.5 Å². The number of aromatic nitrogens is 4. The van der Waals surface area contributed by atoms with Crippen LogP contribution >= 0.6 is 15.9 Å². The smallest absolute Gasteiger partial charge is 0.317 e. The van der Waals surface area contributed by atoms with Gasteiger partial charge >= 0.3 is 12.4 Å². The van der Waals surface area contributed by atoms with Crippen LogP contribution in [-0.2, 0) is 19.4 Å². The van der Waals surface area contributed by atoms with Gasteiger partial charge in [-0.15, -0.1) is 0 Å². The molecule has 0 saturated carbocycles. The van der Waals surface area contributed by atoms with Crippen LogP contribution in [0.15, 0.2) is 4.47 Å². The van der Waals surface area contributed by atoms with Crippen LogP contribution in [0.2, 0.25) is 0 Å². The molecule has 0 atom stereocenters. The molecule has 0 aliphatic heterocycles. The number of rotatable bonds is 2. The fraction of sp³-hybridized carbons (Fsp3) is 0.364. The van der Waals surface area contributed by atoms with Gasteiger partial charge in [-0.25, -0.2) is 0 Å². The summed E-state index contributed by atoms with van der Waals surface area (Å²) in [7, 11) is 0.953. The van der Waals surface area contributed by atoms with Gasteiger partial charge in [-0.1, -0.05) is 0 Å². The number of halogens is 7. The summed E-state index contributed by atoms with van der Waals surface area (Å²) in [5.74, 6) is -1.25. The zero-order valence-corrected chi connectivity index (χ0v) is 13.5. The summed E-state index contributed by atoms with van der Waals surface area (Å²) < 4.78 is 76.7. The molecule has 0 aromatic carbocycles. The Morgan fingerprint density at radius 1 is 1.21 bits per heavy atom. The fourth-order valence-electron chi connectivity index (χ4n) is 1.91. The van der Waals surface area contributed by atoms with Gasteiger partial charge in [0.1, 0.15) is 0 Å². The predicted molar refractivity (Wildman–Crippen MR) is 72.2 cm³/mol. The van der Waals surface area contributed by atoms with E-state index in [1.807, 2.05) is 5.32 Å². The van der Waals surface area contributed by atoms with E-state index in [1.54, 1.807) is 0 Å². The summed E-state index contributed by atoms with van der Waals surface area (Å²) >= 11 is 2.61. The van der Waals surface area contributed by atoms with E-state index in [2.05, 4.69) is 31.2 Å².